The van der Waals surface area contributed by atoms with Crippen LogP contribution in [0.25, 0.3) is 0 Å². The number of halogens is 2. The number of benzene rings is 2. The summed E-state index contributed by atoms with van der Waals surface area (Å²) >= 11 is 8.15. The Morgan fingerprint density at radius 1 is 1.25 bits per heavy atom. The quantitative estimate of drug-likeness (QED) is 0.696. The zero-order chi connectivity index (χ0) is 17.7. The number of ether oxygens (including phenoxy) is 1. The molecular formula is C17H16ClIN2O3. The summed E-state index contributed by atoms with van der Waals surface area (Å²) in [7, 11) is 3.04. The van der Waals surface area contributed by atoms with Crippen LogP contribution in [0.4, 0.5) is 5.69 Å². The van der Waals surface area contributed by atoms with Crippen molar-refractivity contribution in [2.45, 2.75) is 0 Å². The van der Waals surface area contributed by atoms with E-state index in [0.717, 1.165) is 3.57 Å². The molecule has 0 saturated carbocycles. The smallest absolute Gasteiger partial charge is 0.257 e. The summed E-state index contributed by atoms with van der Waals surface area (Å²) in [5.41, 5.74) is 0.996. The number of likely N-dealkylation sites (N-methyl/N-ethyl adjacent to an activating group) is 1. The molecule has 0 aliphatic carbocycles. The van der Waals surface area contributed by atoms with Crippen molar-refractivity contribution in [1.29, 1.82) is 0 Å². The third-order valence-electron chi connectivity index (χ3n) is 3.26. The molecule has 0 radical (unpaired) electrons. The Morgan fingerprint density at radius 3 is 2.54 bits per heavy atom. The number of carbonyl (C=O) groups excluding carboxylic acids is 2. The number of carbonyl (C=O) groups is 2. The lowest BCUT2D eigenvalue weighted by molar-refractivity contribution is -0.116. The molecule has 2 rings (SSSR count). The van der Waals surface area contributed by atoms with Crippen LogP contribution in [0, 0.1) is 3.57 Å². The third-order valence-corrected chi connectivity index (χ3v) is 4.78. The lowest BCUT2D eigenvalue weighted by Gasteiger charge is -2.19. The van der Waals surface area contributed by atoms with E-state index in [4.69, 9.17) is 16.3 Å². The first-order valence-electron chi connectivity index (χ1n) is 7.05. The number of hydrogen-bond donors (Lipinski definition) is 1. The number of anilines is 1. The molecule has 0 saturated heterocycles. The van der Waals surface area contributed by atoms with Gasteiger partial charge in [-0.05, 0) is 46.9 Å². The second-order valence-electron chi connectivity index (χ2n) is 5.04. The van der Waals surface area contributed by atoms with Gasteiger partial charge in [0.1, 0.15) is 5.75 Å². The van der Waals surface area contributed by atoms with Crippen LogP contribution in [-0.2, 0) is 4.79 Å². The van der Waals surface area contributed by atoms with E-state index in [1.807, 2.05) is 18.2 Å². The molecule has 0 bridgehead atoms. The van der Waals surface area contributed by atoms with Crippen LogP contribution in [0.15, 0.2) is 42.5 Å². The number of rotatable bonds is 5. The van der Waals surface area contributed by atoms with Gasteiger partial charge in [-0.25, -0.2) is 0 Å². The maximum atomic E-state index is 12.6. The standard InChI is InChI=1S/C17H16ClIN2O3/c1-21(10-16(22)20-11-6-4-3-5-7-11)17(23)12-8-13(18)14(19)9-15(12)24-2/h3-9H,10H2,1-2H3,(H,20,22). The van der Waals surface area contributed by atoms with E-state index in [1.54, 1.807) is 31.3 Å². The molecule has 2 amide bonds. The molecule has 0 atom stereocenters. The van der Waals surface area contributed by atoms with E-state index in [1.165, 1.54) is 12.0 Å². The fourth-order valence-electron chi connectivity index (χ4n) is 2.08. The molecule has 0 aromatic heterocycles. The van der Waals surface area contributed by atoms with Crippen LogP contribution in [0.1, 0.15) is 10.4 Å². The monoisotopic (exact) mass is 458 g/mol. The molecule has 0 aliphatic rings. The molecule has 1 N–H and O–H groups in total. The van der Waals surface area contributed by atoms with Gasteiger partial charge in [0.05, 0.1) is 24.2 Å². The number of nitrogens with one attached hydrogen (secondary N) is 1. The van der Waals surface area contributed by atoms with Gasteiger partial charge in [-0.2, -0.15) is 0 Å². The average Bonchev–Trinajstić information content (AvgIpc) is 2.56. The number of para-hydroxylation sites is 1. The minimum Gasteiger partial charge on any atom is -0.496 e. The largest absolute Gasteiger partial charge is 0.496 e. The molecule has 5 nitrogen and oxygen atoms in total. The Labute approximate surface area is 159 Å². The summed E-state index contributed by atoms with van der Waals surface area (Å²) in [4.78, 5) is 26.0. The highest BCUT2D eigenvalue weighted by Gasteiger charge is 2.20. The van der Waals surface area contributed by atoms with Crippen molar-refractivity contribution in [1.82, 2.24) is 4.90 Å². The van der Waals surface area contributed by atoms with Gasteiger partial charge in [-0.3, -0.25) is 9.59 Å². The highest BCUT2D eigenvalue weighted by molar-refractivity contribution is 14.1. The minimum absolute atomic E-state index is 0.0828. The number of nitrogens with zero attached hydrogens (tertiary/aromatic N) is 1. The molecule has 0 aliphatic heterocycles. The molecule has 126 valence electrons. The van der Waals surface area contributed by atoms with E-state index in [9.17, 15) is 9.59 Å². The fourth-order valence-corrected chi connectivity index (χ4v) is 2.68. The first kappa shape index (κ1) is 18.5. The van der Waals surface area contributed by atoms with Gasteiger partial charge < -0.3 is 15.0 Å². The number of hydrogen-bond acceptors (Lipinski definition) is 3. The highest BCUT2D eigenvalue weighted by Crippen LogP contribution is 2.29. The van der Waals surface area contributed by atoms with Gasteiger partial charge >= 0.3 is 0 Å². The number of methoxy groups -OCH3 is 1. The summed E-state index contributed by atoms with van der Waals surface area (Å²) < 4.78 is 6.03. The molecule has 0 heterocycles. The van der Waals surface area contributed by atoms with Crippen LogP contribution < -0.4 is 10.1 Å². The SMILES string of the molecule is COc1cc(I)c(Cl)cc1C(=O)N(C)CC(=O)Nc1ccccc1. The van der Waals surface area contributed by atoms with Crippen LogP contribution >= 0.6 is 34.2 Å². The van der Waals surface area contributed by atoms with Crippen LogP contribution in [0.3, 0.4) is 0 Å². The van der Waals surface area contributed by atoms with Crippen LogP contribution in [0.5, 0.6) is 5.75 Å². The third kappa shape index (κ3) is 4.61. The predicted molar refractivity (Wildman–Crippen MR) is 103 cm³/mol. The van der Waals surface area contributed by atoms with Gasteiger partial charge in [-0.15, -0.1) is 0 Å². The van der Waals surface area contributed by atoms with Gasteiger partial charge in [0, 0.05) is 16.3 Å². The molecule has 7 heteroatoms. The first-order chi connectivity index (χ1) is 11.4. The van der Waals surface area contributed by atoms with E-state index in [2.05, 4.69) is 27.9 Å². The molecular weight excluding hydrogens is 443 g/mol. The van der Waals surface area contributed by atoms with Crippen molar-refractivity contribution >= 4 is 51.7 Å². The van der Waals surface area contributed by atoms with Gasteiger partial charge in [0.15, 0.2) is 0 Å². The van der Waals surface area contributed by atoms with E-state index in [0.29, 0.717) is 22.0 Å². The predicted octanol–water partition coefficient (Wildman–Crippen LogP) is 3.66. The van der Waals surface area contributed by atoms with Crippen LogP contribution in [-0.4, -0.2) is 37.4 Å². The Bertz CT molecular complexity index is 753. The molecule has 2 aromatic rings. The lowest BCUT2D eigenvalue weighted by atomic mass is 10.1. The normalized spacial score (nSPS) is 10.2. The summed E-state index contributed by atoms with van der Waals surface area (Å²) in [5, 5.41) is 3.20. The molecule has 0 unspecified atom stereocenters. The Morgan fingerprint density at radius 2 is 1.92 bits per heavy atom. The Balaban J connectivity index is 2.09. The van der Waals surface area contributed by atoms with Crippen LogP contribution in [0.2, 0.25) is 5.02 Å². The molecule has 2 aromatic carbocycles. The van der Waals surface area contributed by atoms with Crippen molar-refractivity contribution in [2.24, 2.45) is 0 Å². The zero-order valence-electron chi connectivity index (χ0n) is 13.2. The summed E-state index contributed by atoms with van der Waals surface area (Å²) in [6, 6.07) is 12.3. The van der Waals surface area contributed by atoms with Crippen molar-refractivity contribution in [2.75, 3.05) is 26.0 Å². The molecule has 24 heavy (non-hydrogen) atoms. The average molecular weight is 459 g/mol. The molecule has 0 fully saturated rings. The van der Waals surface area contributed by atoms with Gasteiger partial charge in [-0.1, -0.05) is 29.8 Å². The summed E-state index contributed by atoms with van der Waals surface area (Å²) in [6.07, 6.45) is 0. The molecule has 0 spiro atoms. The minimum atomic E-state index is -0.339. The van der Waals surface area contributed by atoms with E-state index < -0.39 is 0 Å². The highest BCUT2D eigenvalue weighted by atomic mass is 127. The zero-order valence-corrected chi connectivity index (χ0v) is 16.1. The topological polar surface area (TPSA) is 58.6 Å². The fraction of sp³-hybridized carbons (Fsp3) is 0.176. The van der Waals surface area contributed by atoms with Crippen molar-refractivity contribution in [3.63, 3.8) is 0 Å². The lowest BCUT2D eigenvalue weighted by Crippen LogP contribution is -2.35. The second-order valence-corrected chi connectivity index (χ2v) is 6.61. The maximum Gasteiger partial charge on any atom is 0.257 e. The van der Waals surface area contributed by atoms with E-state index in [-0.39, 0.29) is 18.4 Å². The number of amides is 2. The van der Waals surface area contributed by atoms with Crippen molar-refractivity contribution in [3.05, 3.63) is 56.6 Å². The first-order valence-corrected chi connectivity index (χ1v) is 8.51. The summed E-state index contributed by atoms with van der Waals surface area (Å²) in [5.74, 6) is -0.204. The van der Waals surface area contributed by atoms with Gasteiger partial charge in [0.25, 0.3) is 5.91 Å². The Hall–Kier alpha value is -1.80. The van der Waals surface area contributed by atoms with Crippen molar-refractivity contribution < 1.29 is 14.3 Å². The van der Waals surface area contributed by atoms with E-state index >= 15 is 0 Å². The van der Waals surface area contributed by atoms with Crippen molar-refractivity contribution in [3.8, 4) is 5.75 Å². The maximum absolute atomic E-state index is 12.6. The Kier molecular flexibility index (Phi) is 6.44. The van der Waals surface area contributed by atoms with Gasteiger partial charge in [0.2, 0.25) is 5.91 Å². The summed E-state index contributed by atoms with van der Waals surface area (Å²) in [6.45, 7) is -0.0828. The second kappa shape index (κ2) is 8.34.